The number of thioether (sulfide) groups is 1. The van der Waals surface area contributed by atoms with Crippen molar-refractivity contribution >= 4 is 17.7 Å². The molecule has 0 aliphatic carbocycles. The number of nitrogens with one attached hydrogen (secondary N) is 1. The summed E-state index contributed by atoms with van der Waals surface area (Å²) in [5.74, 6) is 2.00. The number of hydrogen-bond donors (Lipinski definition) is 1. The minimum Gasteiger partial charge on any atom is -0.325 e. The Bertz CT molecular complexity index is 257. The highest BCUT2D eigenvalue weighted by Crippen LogP contribution is 2.38. The fourth-order valence-corrected chi connectivity index (χ4v) is 4.19. The molecule has 3 unspecified atom stereocenters. The first-order chi connectivity index (χ1) is 7.15. The van der Waals surface area contributed by atoms with Gasteiger partial charge in [0.1, 0.15) is 0 Å². The van der Waals surface area contributed by atoms with E-state index in [0.717, 1.165) is 18.6 Å². The minimum atomic E-state index is 0.0567. The van der Waals surface area contributed by atoms with E-state index in [-0.39, 0.29) is 6.04 Å². The first kappa shape index (κ1) is 11.3. The van der Waals surface area contributed by atoms with Gasteiger partial charge in [0.05, 0.1) is 11.4 Å². The van der Waals surface area contributed by atoms with Gasteiger partial charge in [-0.15, -0.1) is 11.8 Å². The predicted octanol–water partition coefficient (Wildman–Crippen LogP) is 1.29. The molecule has 0 aromatic carbocycles. The van der Waals surface area contributed by atoms with Crippen LogP contribution in [0.1, 0.15) is 26.7 Å². The van der Waals surface area contributed by atoms with E-state index >= 15 is 0 Å². The monoisotopic (exact) mass is 228 g/mol. The highest BCUT2D eigenvalue weighted by Gasteiger charge is 2.44. The highest BCUT2D eigenvalue weighted by molar-refractivity contribution is 8.00. The first-order valence-corrected chi connectivity index (χ1v) is 6.81. The van der Waals surface area contributed by atoms with Gasteiger partial charge >= 0.3 is 0 Å². The molecule has 4 heteroatoms. The number of amides is 1. The number of hydrogen-bond acceptors (Lipinski definition) is 3. The minimum absolute atomic E-state index is 0.0567. The Labute approximate surface area is 96.0 Å². The number of carbonyl (C=O) groups excluding carboxylic acids is 1. The van der Waals surface area contributed by atoms with Crippen molar-refractivity contribution in [3.05, 3.63) is 0 Å². The standard InChI is InChI=1S/C11H20N2OS/c1-7(2)9-6-15-10-5-4-8(12-3)11(14)13(9)10/h7-10,12H,4-6H2,1-3H3. The molecular formula is C11H20N2OS. The molecule has 15 heavy (non-hydrogen) atoms. The van der Waals surface area contributed by atoms with E-state index in [1.54, 1.807) is 0 Å². The lowest BCUT2D eigenvalue weighted by Gasteiger charge is -2.38. The number of piperidine rings is 1. The summed E-state index contributed by atoms with van der Waals surface area (Å²) in [7, 11) is 1.89. The summed E-state index contributed by atoms with van der Waals surface area (Å²) in [6.07, 6.45) is 2.14. The molecule has 2 saturated heterocycles. The maximum atomic E-state index is 12.2. The maximum Gasteiger partial charge on any atom is 0.240 e. The first-order valence-electron chi connectivity index (χ1n) is 5.76. The van der Waals surface area contributed by atoms with Crippen LogP contribution in [0, 0.1) is 5.92 Å². The van der Waals surface area contributed by atoms with Gasteiger partial charge in [-0.2, -0.15) is 0 Å². The number of carbonyl (C=O) groups is 1. The van der Waals surface area contributed by atoms with Crippen molar-refractivity contribution < 1.29 is 4.79 Å². The molecule has 0 bridgehead atoms. The van der Waals surface area contributed by atoms with Crippen molar-refractivity contribution in [1.29, 1.82) is 0 Å². The molecule has 0 aromatic rings. The van der Waals surface area contributed by atoms with Gasteiger partial charge in [-0.05, 0) is 25.8 Å². The zero-order valence-electron chi connectivity index (χ0n) is 9.69. The van der Waals surface area contributed by atoms with Crippen LogP contribution in [0.2, 0.25) is 0 Å². The lowest BCUT2D eigenvalue weighted by molar-refractivity contribution is -0.139. The van der Waals surface area contributed by atoms with Crippen LogP contribution in [0.25, 0.3) is 0 Å². The van der Waals surface area contributed by atoms with Gasteiger partial charge in [0.25, 0.3) is 0 Å². The largest absolute Gasteiger partial charge is 0.325 e. The Balaban J connectivity index is 2.14. The van der Waals surface area contributed by atoms with Crippen molar-refractivity contribution in [2.45, 2.75) is 44.1 Å². The van der Waals surface area contributed by atoms with Gasteiger partial charge < -0.3 is 10.2 Å². The molecule has 1 N–H and O–H groups in total. The molecule has 86 valence electrons. The van der Waals surface area contributed by atoms with Crippen LogP contribution in [-0.2, 0) is 4.79 Å². The van der Waals surface area contributed by atoms with E-state index in [1.807, 2.05) is 18.8 Å². The summed E-state index contributed by atoms with van der Waals surface area (Å²) in [5.41, 5.74) is 0. The van der Waals surface area contributed by atoms with E-state index in [2.05, 4.69) is 24.1 Å². The molecule has 3 nitrogen and oxygen atoms in total. The van der Waals surface area contributed by atoms with Crippen LogP contribution in [-0.4, -0.2) is 41.1 Å². The summed E-state index contributed by atoms with van der Waals surface area (Å²) >= 11 is 1.96. The second kappa shape index (κ2) is 4.34. The SMILES string of the molecule is CNC1CCC2SCC(C(C)C)N2C1=O. The zero-order chi connectivity index (χ0) is 11.0. The lowest BCUT2D eigenvalue weighted by Crippen LogP contribution is -2.55. The summed E-state index contributed by atoms with van der Waals surface area (Å²) in [6, 6.07) is 0.504. The Morgan fingerprint density at radius 1 is 1.47 bits per heavy atom. The number of nitrogens with zero attached hydrogens (tertiary/aromatic N) is 1. The predicted molar refractivity (Wildman–Crippen MR) is 63.8 cm³/mol. The van der Waals surface area contributed by atoms with Crippen molar-refractivity contribution in [2.24, 2.45) is 5.92 Å². The van der Waals surface area contributed by atoms with Gasteiger partial charge in [0.15, 0.2) is 0 Å². The Kier molecular flexibility index (Phi) is 3.26. The fraction of sp³-hybridized carbons (Fsp3) is 0.909. The molecule has 0 radical (unpaired) electrons. The summed E-state index contributed by atoms with van der Waals surface area (Å²) in [6.45, 7) is 4.42. The van der Waals surface area contributed by atoms with Crippen LogP contribution in [0.5, 0.6) is 0 Å². The lowest BCUT2D eigenvalue weighted by atomic mass is 9.98. The van der Waals surface area contributed by atoms with Crippen molar-refractivity contribution in [2.75, 3.05) is 12.8 Å². The number of fused-ring (bicyclic) bond motifs is 1. The van der Waals surface area contributed by atoms with Crippen LogP contribution in [0.15, 0.2) is 0 Å². The zero-order valence-corrected chi connectivity index (χ0v) is 10.5. The van der Waals surface area contributed by atoms with Gasteiger partial charge in [0, 0.05) is 11.8 Å². The number of likely N-dealkylation sites (N-methyl/N-ethyl adjacent to an activating group) is 1. The van der Waals surface area contributed by atoms with Crippen molar-refractivity contribution in [3.8, 4) is 0 Å². The second-order valence-electron chi connectivity index (χ2n) is 4.76. The van der Waals surface area contributed by atoms with Crippen LogP contribution in [0.3, 0.4) is 0 Å². The van der Waals surface area contributed by atoms with Crippen LogP contribution in [0.4, 0.5) is 0 Å². The molecule has 2 aliphatic rings. The van der Waals surface area contributed by atoms with E-state index in [9.17, 15) is 4.79 Å². The van der Waals surface area contributed by atoms with Gasteiger partial charge in [-0.1, -0.05) is 13.8 Å². The molecule has 2 aliphatic heterocycles. The van der Waals surface area contributed by atoms with Crippen molar-refractivity contribution in [3.63, 3.8) is 0 Å². The molecule has 1 amide bonds. The Morgan fingerprint density at radius 3 is 2.80 bits per heavy atom. The van der Waals surface area contributed by atoms with Crippen LogP contribution >= 0.6 is 11.8 Å². The molecule has 2 heterocycles. The molecule has 0 saturated carbocycles. The number of rotatable bonds is 2. The normalized spacial score (nSPS) is 36.1. The summed E-state index contributed by atoms with van der Waals surface area (Å²) < 4.78 is 0. The molecule has 0 spiro atoms. The fourth-order valence-electron chi connectivity index (χ4n) is 2.51. The van der Waals surface area contributed by atoms with Gasteiger partial charge in [-0.3, -0.25) is 4.79 Å². The third kappa shape index (κ3) is 1.89. The Morgan fingerprint density at radius 2 is 2.20 bits per heavy atom. The van der Waals surface area contributed by atoms with E-state index in [4.69, 9.17) is 0 Å². The van der Waals surface area contributed by atoms with E-state index in [0.29, 0.717) is 23.2 Å². The molecule has 2 fully saturated rings. The highest BCUT2D eigenvalue weighted by atomic mass is 32.2. The van der Waals surface area contributed by atoms with E-state index < -0.39 is 0 Å². The average molecular weight is 228 g/mol. The van der Waals surface area contributed by atoms with Crippen LogP contribution < -0.4 is 5.32 Å². The van der Waals surface area contributed by atoms with Gasteiger partial charge in [-0.25, -0.2) is 0 Å². The summed E-state index contributed by atoms with van der Waals surface area (Å²) in [4.78, 5) is 14.3. The van der Waals surface area contributed by atoms with Gasteiger partial charge in [0.2, 0.25) is 5.91 Å². The molecule has 2 rings (SSSR count). The molecule has 0 aromatic heterocycles. The van der Waals surface area contributed by atoms with Crippen molar-refractivity contribution in [1.82, 2.24) is 10.2 Å². The average Bonchev–Trinajstić information content (AvgIpc) is 2.63. The Hall–Kier alpha value is -0.220. The third-order valence-electron chi connectivity index (χ3n) is 3.50. The molecular weight excluding hydrogens is 208 g/mol. The smallest absolute Gasteiger partial charge is 0.240 e. The third-order valence-corrected chi connectivity index (χ3v) is 4.88. The quantitative estimate of drug-likeness (QED) is 0.773. The maximum absolute atomic E-state index is 12.2. The topological polar surface area (TPSA) is 32.3 Å². The second-order valence-corrected chi connectivity index (χ2v) is 5.97. The summed E-state index contributed by atoms with van der Waals surface area (Å²) in [5, 5.41) is 3.58. The molecule has 3 atom stereocenters. The van der Waals surface area contributed by atoms with E-state index in [1.165, 1.54) is 0 Å².